The molecular weight excluding hydrogens is 168 g/mol. The van der Waals surface area contributed by atoms with Crippen molar-refractivity contribution in [2.45, 2.75) is 0 Å². The number of nitrogens with two attached hydrogens (primary N) is 1. The third-order valence-electron chi connectivity index (χ3n) is 1.85. The van der Waals surface area contributed by atoms with E-state index in [1.807, 2.05) is 6.07 Å². The summed E-state index contributed by atoms with van der Waals surface area (Å²) in [5, 5.41) is 2.96. The van der Waals surface area contributed by atoms with Gasteiger partial charge in [-0.3, -0.25) is 0 Å². The van der Waals surface area contributed by atoms with Crippen molar-refractivity contribution < 1.29 is 9.47 Å². The van der Waals surface area contributed by atoms with Crippen molar-refractivity contribution in [1.29, 1.82) is 0 Å². The predicted octanol–water partition coefficient (Wildman–Crippen LogP) is 1.33. The summed E-state index contributed by atoms with van der Waals surface area (Å²) in [7, 11) is 4.95. The molecule has 0 aliphatic carbocycles. The van der Waals surface area contributed by atoms with Gasteiger partial charge in [-0.05, 0) is 12.1 Å². The summed E-state index contributed by atoms with van der Waals surface area (Å²) in [6.45, 7) is 0. The second-order valence-corrected chi connectivity index (χ2v) is 2.51. The van der Waals surface area contributed by atoms with E-state index in [0.29, 0.717) is 17.2 Å². The molecule has 4 nitrogen and oxygen atoms in total. The van der Waals surface area contributed by atoms with Crippen LogP contribution < -0.4 is 20.5 Å². The molecule has 0 atom stereocenters. The number of rotatable bonds is 3. The van der Waals surface area contributed by atoms with Gasteiger partial charge in [0, 0.05) is 7.05 Å². The first-order valence-electron chi connectivity index (χ1n) is 3.92. The van der Waals surface area contributed by atoms with Crippen LogP contribution in [0.4, 0.5) is 11.4 Å². The van der Waals surface area contributed by atoms with Crippen LogP contribution in [0.3, 0.4) is 0 Å². The number of methoxy groups -OCH3 is 2. The van der Waals surface area contributed by atoms with Gasteiger partial charge >= 0.3 is 0 Å². The zero-order valence-electron chi connectivity index (χ0n) is 8.05. The van der Waals surface area contributed by atoms with Gasteiger partial charge in [0.1, 0.15) is 5.69 Å². The van der Waals surface area contributed by atoms with Crippen LogP contribution >= 0.6 is 0 Å². The van der Waals surface area contributed by atoms with Gasteiger partial charge in [0.25, 0.3) is 0 Å². The average Bonchev–Trinajstić information content (AvgIpc) is 2.17. The fourth-order valence-corrected chi connectivity index (χ4v) is 1.17. The van der Waals surface area contributed by atoms with Crippen molar-refractivity contribution in [2.24, 2.45) is 0 Å². The second-order valence-electron chi connectivity index (χ2n) is 2.51. The molecule has 0 bridgehead atoms. The van der Waals surface area contributed by atoms with Crippen LogP contribution in [0.1, 0.15) is 0 Å². The third-order valence-corrected chi connectivity index (χ3v) is 1.85. The largest absolute Gasteiger partial charge is 0.493 e. The van der Waals surface area contributed by atoms with Gasteiger partial charge in [-0.15, -0.1) is 0 Å². The number of nitrogens with one attached hydrogen (secondary N) is 1. The summed E-state index contributed by atoms with van der Waals surface area (Å²) in [4.78, 5) is 0. The zero-order chi connectivity index (χ0) is 9.84. The van der Waals surface area contributed by atoms with Gasteiger partial charge in [-0.2, -0.15) is 0 Å². The number of ether oxygens (including phenoxy) is 2. The standard InChI is InChI=1S/C9H14N2O2/c1-11-6-4-5-7(12-2)9(13-3)8(6)10/h4-5,11H,10H2,1-3H3. The van der Waals surface area contributed by atoms with Gasteiger partial charge in [-0.1, -0.05) is 0 Å². The van der Waals surface area contributed by atoms with Gasteiger partial charge in [-0.25, -0.2) is 0 Å². The minimum absolute atomic E-state index is 0.560. The maximum Gasteiger partial charge on any atom is 0.185 e. The van der Waals surface area contributed by atoms with Crippen LogP contribution in [-0.4, -0.2) is 21.3 Å². The quantitative estimate of drug-likeness (QED) is 0.692. The highest BCUT2D eigenvalue weighted by Gasteiger charge is 2.10. The van der Waals surface area contributed by atoms with E-state index in [9.17, 15) is 0 Å². The van der Waals surface area contributed by atoms with Crippen LogP contribution in [0.15, 0.2) is 12.1 Å². The summed E-state index contributed by atoms with van der Waals surface area (Å²) >= 11 is 0. The molecule has 1 rings (SSSR count). The lowest BCUT2D eigenvalue weighted by Crippen LogP contribution is -2.00. The zero-order valence-corrected chi connectivity index (χ0v) is 8.05. The maximum absolute atomic E-state index is 5.81. The molecule has 72 valence electrons. The average molecular weight is 182 g/mol. The number of hydrogen-bond donors (Lipinski definition) is 2. The lowest BCUT2D eigenvalue weighted by atomic mass is 10.2. The molecule has 0 aliphatic rings. The molecule has 0 amide bonds. The molecule has 0 saturated heterocycles. The Morgan fingerprint density at radius 1 is 1.23 bits per heavy atom. The van der Waals surface area contributed by atoms with Gasteiger partial charge in [0.05, 0.1) is 19.9 Å². The molecule has 0 unspecified atom stereocenters. The van der Waals surface area contributed by atoms with Crippen molar-refractivity contribution in [2.75, 3.05) is 32.3 Å². The molecule has 0 heterocycles. The topological polar surface area (TPSA) is 56.5 Å². The Labute approximate surface area is 77.6 Å². The van der Waals surface area contributed by atoms with E-state index in [-0.39, 0.29) is 0 Å². The summed E-state index contributed by atoms with van der Waals surface area (Å²) in [5.74, 6) is 1.20. The summed E-state index contributed by atoms with van der Waals surface area (Å²) in [5.41, 5.74) is 7.20. The molecule has 0 saturated carbocycles. The molecule has 13 heavy (non-hydrogen) atoms. The molecular formula is C9H14N2O2. The summed E-state index contributed by atoms with van der Waals surface area (Å²) < 4.78 is 10.2. The van der Waals surface area contributed by atoms with E-state index in [2.05, 4.69) is 5.32 Å². The van der Waals surface area contributed by atoms with Crippen molar-refractivity contribution in [3.8, 4) is 11.5 Å². The highest BCUT2D eigenvalue weighted by molar-refractivity contribution is 5.76. The fraction of sp³-hybridized carbons (Fsp3) is 0.333. The Morgan fingerprint density at radius 2 is 1.92 bits per heavy atom. The van der Waals surface area contributed by atoms with Crippen LogP contribution in [0, 0.1) is 0 Å². The van der Waals surface area contributed by atoms with Crippen LogP contribution in [-0.2, 0) is 0 Å². The number of nitrogen functional groups attached to an aromatic ring is 1. The van der Waals surface area contributed by atoms with E-state index in [1.54, 1.807) is 27.3 Å². The monoisotopic (exact) mass is 182 g/mol. The first-order valence-corrected chi connectivity index (χ1v) is 3.92. The Kier molecular flexibility index (Phi) is 2.84. The summed E-state index contributed by atoms with van der Waals surface area (Å²) in [6, 6.07) is 3.65. The van der Waals surface area contributed by atoms with Gasteiger partial charge < -0.3 is 20.5 Å². The Balaban J connectivity index is 3.23. The smallest absolute Gasteiger partial charge is 0.185 e. The Morgan fingerprint density at radius 3 is 2.38 bits per heavy atom. The number of benzene rings is 1. The normalized spacial score (nSPS) is 9.46. The SMILES string of the molecule is CNc1ccc(OC)c(OC)c1N. The Hall–Kier alpha value is -1.58. The van der Waals surface area contributed by atoms with E-state index in [0.717, 1.165) is 5.69 Å². The van der Waals surface area contributed by atoms with Crippen molar-refractivity contribution in [3.63, 3.8) is 0 Å². The fourth-order valence-electron chi connectivity index (χ4n) is 1.17. The maximum atomic E-state index is 5.81. The van der Waals surface area contributed by atoms with Crippen molar-refractivity contribution in [3.05, 3.63) is 12.1 Å². The molecule has 0 fully saturated rings. The Bertz CT molecular complexity index is 300. The lowest BCUT2D eigenvalue weighted by molar-refractivity contribution is 0.356. The predicted molar refractivity (Wildman–Crippen MR) is 53.5 cm³/mol. The van der Waals surface area contributed by atoms with E-state index in [4.69, 9.17) is 15.2 Å². The molecule has 0 aliphatic heterocycles. The van der Waals surface area contributed by atoms with Crippen LogP contribution in [0.5, 0.6) is 11.5 Å². The molecule has 4 heteroatoms. The molecule has 1 aromatic rings. The highest BCUT2D eigenvalue weighted by Crippen LogP contribution is 2.37. The van der Waals surface area contributed by atoms with E-state index < -0.39 is 0 Å². The van der Waals surface area contributed by atoms with Gasteiger partial charge in [0.15, 0.2) is 11.5 Å². The van der Waals surface area contributed by atoms with Crippen molar-refractivity contribution in [1.82, 2.24) is 0 Å². The number of hydrogen-bond acceptors (Lipinski definition) is 4. The van der Waals surface area contributed by atoms with Gasteiger partial charge in [0.2, 0.25) is 0 Å². The van der Waals surface area contributed by atoms with E-state index >= 15 is 0 Å². The summed E-state index contributed by atoms with van der Waals surface area (Å²) in [6.07, 6.45) is 0. The molecule has 0 aromatic heterocycles. The molecule has 3 N–H and O–H groups in total. The first-order chi connectivity index (χ1) is 6.24. The van der Waals surface area contributed by atoms with Crippen LogP contribution in [0.2, 0.25) is 0 Å². The second kappa shape index (κ2) is 3.89. The minimum Gasteiger partial charge on any atom is -0.493 e. The minimum atomic E-state index is 0.560. The molecule has 0 spiro atoms. The molecule has 1 aromatic carbocycles. The number of anilines is 2. The third kappa shape index (κ3) is 1.61. The highest BCUT2D eigenvalue weighted by atomic mass is 16.5. The van der Waals surface area contributed by atoms with Crippen LogP contribution in [0.25, 0.3) is 0 Å². The van der Waals surface area contributed by atoms with E-state index in [1.165, 1.54) is 0 Å². The first kappa shape index (κ1) is 9.51. The lowest BCUT2D eigenvalue weighted by Gasteiger charge is -2.13. The molecule has 0 radical (unpaired) electrons. The van der Waals surface area contributed by atoms with Crippen molar-refractivity contribution >= 4 is 11.4 Å².